The van der Waals surface area contributed by atoms with Gasteiger partial charge in [-0.1, -0.05) is 30.3 Å². The van der Waals surface area contributed by atoms with Crippen molar-refractivity contribution in [1.82, 2.24) is 10.2 Å². The van der Waals surface area contributed by atoms with Crippen molar-refractivity contribution in [2.24, 2.45) is 5.92 Å². The van der Waals surface area contributed by atoms with Crippen molar-refractivity contribution in [2.45, 2.75) is 38.3 Å². The third-order valence-electron chi connectivity index (χ3n) is 4.47. The molecule has 1 fully saturated rings. The summed E-state index contributed by atoms with van der Waals surface area (Å²) in [5.41, 5.74) is 1.03. The van der Waals surface area contributed by atoms with Crippen LogP contribution in [0.1, 0.15) is 25.3 Å². The van der Waals surface area contributed by atoms with Gasteiger partial charge in [0.25, 0.3) is 0 Å². The Morgan fingerprint density at radius 3 is 2.60 bits per heavy atom. The summed E-state index contributed by atoms with van der Waals surface area (Å²) in [6, 6.07) is 8.07. The maximum Gasteiger partial charge on any atom is 0.326 e. The molecular weight excluding hydrogens is 340 g/mol. The number of amides is 2. The first-order valence-corrected chi connectivity index (χ1v) is 9.05. The SMILES string of the molecule is C[C@H](NC(=O)[C@H](CS)Cc1ccccc1)C(=O)N1CCC[C@H]1C(=O)O. The Labute approximate surface area is 153 Å². The molecule has 0 unspecified atom stereocenters. The van der Waals surface area contributed by atoms with Crippen LogP contribution in [0.5, 0.6) is 0 Å². The molecule has 2 amide bonds. The van der Waals surface area contributed by atoms with Gasteiger partial charge in [0.1, 0.15) is 12.1 Å². The summed E-state index contributed by atoms with van der Waals surface area (Å²) in [4.78, 5) is 37.5. The lowest BCUT2D eigenvalue weighted by Crippen LogP contribution is -2.51. The first kappa shape index (κ1) is 19.3. The molecule has 0 bridgehead atoms. The molecule has 1 heterocycles. The van der Waals surface area contributed by atoms with Crippen molar-refractivity contribution in [1.29, 1.82) is 0 Å². The van der Waals surface area contributed by atoms with Crippen LogP contribution < -0.4 is 5.32 Å². The molecule has 1 aliphatic heterocycles. The van der Waals surface area contributed by atoms with Crippen molar-refractivity contribution in [2.75, 3.05) is 12.3 Å². The summed E-state index contributed by atoms with van der Waals surface area (Å²) in [6.45, 7) is 2.01. The number of carbonyl (C=O) groups excluding carboxylic acids is 2. The number of carboxylic acids is 1. The van der Waals surface area contributed by atoms with E-state index in [4.69, 9.17) is 0 Å². The molecule has 25 heavy (non-hydrogen) atoms. The summed E-state index contributed by atoms with van der Waals surface area (Å²) in [7, 11) is 0. The minimum absolute atomic E-state index is 0.245. The van der Waals surface area contributed by atoms with Gasteiger partial charge < -0.3 is 15.3 Å². The molecule has 0 spiro atoms. The monoisotopic (exact) mass is 364 g/mol. The average molecular weight is 364 g/mol. The molecule has 6 nitrogen and oxygen atoms in total. The standard InChI is InChI=1S/C18H24N2O4S/c1-12(17(22)20-9-5-8-15(20)18(23)24)19-16(21)14(11-25)10-13-6-3-2-4-7-13/h2-4,6-7,12,14-15,25H,5,8-11H2,1H3,(H,19,21)(H,23,24)/t12-,14-,15-/m0/s1. The number of rotatable bonds is 7. The van der Waals surface area contributed by atoms with Gasteiger partial charge in [-0.2, -0.15) is 12.6 Å². The van der Waals surface area contributed by atoms with Crippen LogP contribution in [0.4, 0.5) is 0 Å². The Balaban J connectivity index is 1.95. The highest BCUT2D eigenvalue weighted by Gasteiger charge is 2.36. The Hall–Kier alpha value is -2.02. The molecule has 1 aromatic rings. The number of hydrogen-bond acceptors (Lipinski definition) is 4. The van der Waals surface area contributed by atoms with Crippen LogP contribution in [0.25, 0.3) is 0 Å². The maximum atomic E-state index is 12.5. The zero-order valence-electron chi connectivity index (χ0n) is 14.2. The molecule has 3 atom stereocenters. The number of likely N-dealkylation sites (tertiary alicyclic amines) is 1. The van der Waals surface area contributed by atoms with Gasteiger partial charge >= 0.3 is 5.97 Å². The zero-order chi connectivity index (χ0) is 18.4. The molecule has 0 aliphatic carbocycles. The van der Waals surface area contributed by atoms with Crippen LogP contribution in [0.3, 0.4) is 0 Å². The van der Waals surface area contributed by atoms with Crippen molar-refractivity contribution < 1.29 is 19.5 Å². The van der Waals surface area contributed by atoms with Gasteiger partial charge in [0.05, 0.1) is 5.92 Å². The van der Waals surface area contributed by atoms with E-state index < -0.39 is 18.1 Å². The second kappa shape index (κ2) is 8.89. The van der Waals surface area contributed by atoms with E-state index in [1.807, 2.05) is 30.3 Å². The fraction of sp³-hybridized carbons (Fsp3) is 0.500. The highest BCUT2D eigenvalue weighted by molar-refractivity contribution is 7.80. The fourth-order valence-electron chi connectivity index (χ4n) is 3.07. The van der Waals surface area contributed by atoms with Gasteiger partial charge in [-0.25, -0.2) is 4.79 Å². The second-order valence-corrected chi connectivity index (χ2v) is 6.69. The van der Waals surface area contributed by atoms with Gasteiger partial charge in [-0.05, 0) is 31.7 Å². The van der Waals surface area contributed by atoms with Crippen molar-refractivity contribution in [3.05, 3.63) is 35.9 Å². The maximum absolute atomic E-state index is 12.5. The molecule has 7 heteroatoms. The molecular formula is C18H24N2O4S. The van der Waals surface area contributed by atoms with E-state index in [2.05, 4.69) is 17.9 Å². The molecule has 2 rings (SSSR count). The van der Waals surface area contributed by atoms with Crippen molar-refractivity contribution in [3.63, 3.8) is 0 Å². The van der Waals surface area contributed by atoms with Crippen LogP contribution in [0.2, 0.25) is 0 Å². The summed E-state index contributed by atoms with van der Waals surface area (Å²) >= 11 is 4.25. The normalized spacial score (nSPS) is 19.3. The van der Waals surface area contributed by atoms with Gasteiger partial charge in [0.2, 0.25) is 11.8 Å². The van der Waals surface area contributed by atoms with Crippen LogP contribution in [-0.4, -0.2) is 52.2 Å². The summed E-state index contributed by atoms with van der Waals surface area (Å²) < 4.78 is 0. The third kappa shape index (κ3) is 4.98. The summed E-state index contributed by atoms with van der Waals surface area (Å²) in [6.07, 6.45) is 1.66. The number of aliphatic carboxylic acids is 1. The van der Waals surface area contributed by atoms with Gasteiger partial charge in [-0.3, -0.25) is 9.59 Å². The molecule has 1 aliphatic rings. The lowest BCUT2D eigenvalue weighted by molar-refractivity contribution is -0.149. The Morgan fingerprint density at radius 1 is 1.32 bits per heavy atom. The van der Waals surface area contributed by atoms with E-state index in [0.29, 0.717) is 31.6 Å². The Bertz CT molecular complexity index is 623. The van der Waals surface area contributed by atoms with Crippen LogP contribution in [-0.2, 0) is 20.8 Å². The molecule has 0 saturated carbocycles. The lowest BCUT2D eigenvalue weighted by Gasteiger charge is -2.26. The molecule has 0 radical (unpaired) electrons. The largest absolute Gasteiger partial charge is 0.480 e. The molecule has 136 valence electrons. The van der Waals surface area contributed by atoms with E-state index in [9.17, 15) is 19.5 Å². The van der Waals surface area contributed by atoms with E-state index >= 15 is 0 Å². The molecule has 0 aromatic heterocycles. The van der Waals surface area contributed by atoms with E-state index in [-0.39, 0.29) is 17.7 Å². The molecule has 1 aromatic carbocycles. The first-order chi connectivity index (χ1) is 11.9. The second-order valence-electron chi connectivity index (χ2n) is 6.33. The van der Waals surface area contributed by atoms with Gasteiger partial charge in [0.15, 0.2) is 0 Å². The molecule has 1 saturated heterocycles. The predicted octanol–water partition coefficient (Wildman–Crippen LogP) is 1.36. The summed E-state index contributed by atoms with van der Waals surface area (Å²) in [5.74, 6) is -1.58. The van der Waals surface area contributed by atoms with Crippen LogP contribution >= 0.6 is 12.6 Å². The minimum atomic E-state index is -0.998. The van der Waals surface area contributed by atoms with Crippen LogP contribution in [0.15, 0.2) is 30.3 Å². The highest BCUT2D eigenvalue weighted by Crippen LogP contribution is 2.19. The van der Waals surface area contributed by atoms with Crippen molar-refractivity contribution >= 4 is 30.4 Å². The smallest absolute Gasteiger partial charge is 0.326 e. The van der Waals surface area contributed by atoms with Crippen molar-refractivity contribution in [3.8, 4) is 0 Å². The average Bonchev–Trinajstić information content (AvgIpc) is 3.09. The Kier molecular flexibility index (Phi) is 6.87. The van der Waals surface area contributed by atoms with E-state index in [1.165, 1.54) is 4.90 Å². The number of nitrogens with zero attached hydrogens (tertiary/aromatic N) is 1. The summed E-state index contributed by atoms with van der Waals surface area (Å²) in [5, 5.41) is 11.9. The first-order valence-electron chi connectivity index (χ1n) is 8.42. The quantitative estimate of drug-likeness (QED) is 0.638. The van der Waals surface area contributed by atoms with E-state index in [1.54, 1.807) is 6.92 Å². The number of carboxylic acid groups (broad SMARTS) is 1. The minimum Gasteiger partial charge on any atom is -0.480 e. The fourth-order valence-corrected chi connectivity index (χ4v) is 3.36. The van der Waals surface area contributed by atoms with Crippen LogP contribution in [0, 0.1) is 5.92 Å². The predicted molar refractivity (Wildman–Crippen MR) is 97.5 cm³/mol. The number of carbonyl (C=O) groups is 3. The molecule has 2 N–H and O–H groups in total. The Morgan fingerprint density at radius 2 is 2.00 bits per heavy atom. The zero-order valence-corrected chi connectivity index (χ0v) is 15.1. The number of hydrogen-bond donors (Lipinski definition) is 3. The number of thiol groups is 1. The lowest BCUT2D eigenvalue weighted by atomic mass is 10.00. The van der Waals surface area contributed by atoms with Gasteiger partial charge in [-0.15, -0.1) is 0 Å². The topological polar surface area (TPSA) is 86.7 Å². The van der Waals surface area contributed by atoms with Gasteiger partial charge in [0, 0.05) is 12.3 Å². The van der Waals surface area contributed by atoms with E-state index in [0.717, 1.165) is 5.56 Å². The highest BCUT2D eigenvalue weighted by atomic mass is 32.1. The number of nitrogens with one attached hydrogen (secondary N) is 1. The number of benzene rings is 1. The third-order valence-corrected chi connectivity index (χ3v) is 4.91.